The van der Waals surface area contributed by atoms with Crippen molar-refractivity contribution in [1.29, 1.82) is 0 Å². The van der Waals surface area contributed by atoms with Crippen LogP contribution in [0.15, 0.2) is 53.4 Å². The first-order chi connectivity index (χ1) is 20.5. The number of amides is 1. The number of carbonyl (C=O) groups excluding carboxylic acids is 1. The monoisotopic (exact) mass is 627 g/mol. The predicted molar refractivity (Wildman–Crippen MR) is 159 cm³/mol. The van der Waals surface area contributed by atoms with Crippen LogP contribution < -0.4 is 9.46 Å². The first-order valence-corrected chi connectivity index (χ1v) is 15.1. The van der Waals surface area contributed by atoms with Gasteiger partial charge in [0, 0.05) is 36.7 Å². The molecule has 1 saturated heterocycles. The minimum atomic E-state index is -4.38. The number of aromatic nitrogens is 2. The molecule has 0 radical (unpaired) electrons. The van der Waals surface area contributed by atoms with E-state index >= 15 is 0 Å². The van der Waals surface area contributed by atoms with Crippen LogP contribution in [0.3, 0.4) is 0 Å². The second-order valence-corrected chi connectivity index (χ2v) is 13.1. The number of nitrogens with one attached hydrogen (secondary N) is 1. The number of carboxylic acid groups (broad SMARTS) is 1. The van der Waals surface area contributed by atoms with E-state index in [4.69, 9.17) is 9.47 Å². The largest absolute Gasteiger partial charge is 0.481 e. The van der Waals surface area contributed by atoms with Crippen LogP contribution in [0.1, 0.15) is 38.3 Å². The maximum atomic E-state index is 13.2. The van der Waals surface area contributed by atoms with Gasteiger partial charge in [-0.2, -0.15) is 4.98 Å². The number of nitro benzene ring substituents is 1. The summed E-state index contributed by atoms with van der Waals surface area (Å²) in [4.78, 5) is 44.8. The predicted octanol–water partition coefficient (Wildman–Crippen LogP) is 4.56. The molecule has 44 heavy (non-hydrogen) atoms. The van der Waals surface area contributed by atoms with Gasteiger partial charge < -0.3 is 19.5 Å². The van der Waals surface area contributed by atoms with Crippen molar-refractivity contribution < 1.29 is 37.5 Å². The minimum Gasteiger partial charge on any atom is -0.481 e. The van der Waals surface area contributed by atoms with E-state index in [0.29, 0.717) is 11.3 Å². The summed E-state index contributed by atoms with van der Waals surface area (Å²) in [6, 6.07) is 11.6. The Morgan fingerprint density at radius 3 is 2.34 bits per heavy atom. The van der Waals surface area contributed by atoms with Gasteiger partial charge in [-0.15, -0.1) is 0 Å². The van der Waals surface area contributed by atoms with Gasteiger partial charge in [0.2, 0.25) is 11.8 Å². The van der Waals surface area contributed by atoms with Crippen LogP contribution in [-0.2, 0) is 19.6 Å². The molecule has 14 nitrogen and oxygen atoms in total. The number of ether oxygens (including phenoxy) is 2. The van der Waals surface area contributed by atoms with Crippen molar-refractivity contribution >= 4 is 33.7 Å². The summed E-state index contributed by atoms with van der Waals surface area (Å²) >= 11 is 0. The summed E-state index contributed by atoms with van der Waals surface area (Å²) in [6.45, 7) is 8.73. The van der Waals surface area contributed by atoms with Crippen molar-refractivity contribution in [1.82, 2.24) is 14.9 Å². The van der Waals surface area contributed by atoms with E-state index in [1.807, 2.05) is 32.0 Å². The molecule has 1 aromatic heterocycles. The van der Waals surface area contributed by atoms with Crippen molar-refractivity contribution in [2.75, 3.05) is 17.8 Å². The van der Waals surface area contributed by atoms with E-state index in [1.54, 1.807) is 20.8 Å². The summed E-state index contributed by atoms with van der Waals surface area (Å²) in [7, 11) is -4.38. The fraction of sp³-hybridized carbons (Fsp3) is 0.379. The fourth-order valence-electron chi connectivity index (χ4n) is 4.78. The summed E-state index contributed by atoms with van der Waals surface area (Å²) in [6.07, 6.45) is -1.48. The molecule has 15 heteroatoms. The Labute approximate surface area is 254 Å². The van der Waals surface area contributed by atoms with Crippen LogP contribution in [0.2, 0.25) is 0 Å². The van der Waals surface area contributed by atoms with Gasteiger partial charge in [0.15, 0.2) is 0 Å². The molecule has 2 unspecified atom stereocenters. The number of carboxylic acids is 1. The van der Waals surface area contributed by atoms with E-state index in [0.717, 1.165) is 23.3 Å². The average molecular weight is 628 g/mol. The number of hydrogen-bond acceptors (Lipinski definition) is 10. The van der Waals surface area contributed by atoms with Crippen LogP contribution in [0, 0.1) is 29.9 Å². The molecule has 4 rings (SSSR count). The molecule has 234 valence electrons. The number of rotatable bonds is 8. The second-order valence-electron chi connectivity index (χ2n) is 11.4. The normalized spacial score (nSPS) is 17.1. The van der Waals surface area contributed by atoms with Gasteiger partial charge in [0.05, 0.1) is 28.0 Å². The highest BCUT2D eigenvalue weighted by Gasteiger charge is 2.37. The number of hydrogen-bond donors (Lipinski definition) is 2. The molecule has 2 aromatic carbocycles. The lowest BCUT2D eigenvalue weighted by Gasteiger charge is -2.36. The Morgan fingerprint density at radius 1 is 1.07 bits per heavy atom. The third kappa shape index (κ3) is 7.78. The first-order valence-electron chi connectivity index (χ1n) is 13.6. The van der Waals surface area contributed by atoms with Crippen LogP contribution in [0.5, 0.6) is 5.88 Å². The molecule has 1 fully saturated rings. The molecule has 3 aromatic rings. The lowest BCUT2D eigenvalue weighted by molar-refractivity contribution is -0.385. The maximum absolute atomic E-state index is 13.2. The molecule has 0 saturated carbocycles. The molecule has 2 heterocycles. The average Bonchev–Trinajstić information content (AvgIpc) is 2.91. The third-order valence-corrected chi connectivity index (χ3v) is 8.03. The lowest BCUT2D eigenvalue weighted by atomic mass is 9.96. The number of piperidine rings is 1. The Hall–Kier alpha value is -4.79. The molecule has 0 aliphatic carbocycles. The molecular formula is C29H33N5O9S. The number of aryl methyl sites for hydroxylation is 2. The summed E-state index contributed by atoms with van der Waals surface area (Å²) < 4.78 is 40.3. The lowest BCUT2D eigenvalue weighted by Crippen LogP contribution is -2.51. The zero-order valence-electron chi connectivity index (χ0n) is 24.8. The van der Waals surface area contributed by atoms with Gasteiger partial charge in [-0.25, -0.2) is 22.9 Å². The van der Waals surface area contributed by atoms with Crippen LogP contribution in [-0.4, -0.2) is 70.2 Å². The van der Waals surface area contributed by atoms with Crippen molar-refractivity contribution in [3.63, 3.8) is 0 Å². The molecular weight excluding hydrogens is 594 g/mol. The van der Waals surface area contributed by atoms with Gasteiger partial charge in [-0.05, 0) is 51.8 Å². The van der Waals surface area contributed by atoms with Crippen LogP contribution in [0.4, 0.5) is 16.4 Å². The fourth-order valence-corrected chi connectivity index (χ4v) is 5.77. The molecule has 1 amide bonds. The maximum Gasteiger partial charge on any atom is 0.410 e. The van der Waals surface area contributed by atoms with E-state index in [1.165, 1.54) is 23.1 Å². The minimum absolute atomic E-state index is 0.00380. The SMILES string of the molecule is Cc1cccc(C)c1-c1cc(OC2CC(C(=O)O)CN(C(=O)OC(C)(C)C)C2)nc(NS(=O)(=O)c2cccc([N+](=O)[O-])c2)n1. The van der Waals surface area contributed by atoms with Crippen molar-refractivity contribution in [2.45, 2.75) is 57.6 Å². The van der Waals surface area contributed by atoms with Gasteiger partial charge in [-0.3, -0.25) is 14.9 Å². The highest BCUT2D eigenvalue weighted by atomic mass is 32.2. The standard InChI is InChI=1S/C29H33N5O9S/c1-17-8-6-9-18(2)25(17)23-14-24(31-27(30-23)32-44(40,41)22-11-7-10-20(13-22)34(38)39)42-21-12-19(26(35)36)15-33(16-21)28(37)43-29(3,4)5/h6-11,13-14,19,21H,12,15-16H2,1-5H3,(H,35,36)(H,30,31,32). The Balaban J connectivity index is 1.72. The van der Waals surface area contributed by atoms with E-state index < -0.39 is 50.3 Å². The van der Waals surface area contributed by atoms with Crippen LogP contribution in [0.25, 0.3) is 11.3 Å². The molecule has 1 aliphatic rings. The molecule has 1 aliphatic heterocycles. The third-order valence-electron chi connectivity index (χ3n) is 6.70. The molecule has 2 N–H and O–H groups in total. The van der Waals surface area contributed by atoms with Gasteiger partial charge in [0.25, 0.3) is 15.7 Å². The number of nitro groups is 1. The zero-order valence-corrected chi connectivity index (χ0v) is 25.6. The smallest absolute Gasteiger partial charge is 0.410 e. The molecule has 2 atom stereocenters. The number of non-ortho nitro benzene ring substituents is 1. The molecule has 0 spiro atoms. The van der Waals surface area contributed by atoms with E-state index in [-0.39, 0.29) is 36.2 Å². The van der Waals surface area contributed by atoms with Crippen molar-refractivity contribution in [3.8, 4) is 17.1 Å². The van der Waals surface area contributed by atoms with Gasteiger partial charge in [0.1, 0.15) is 11.7 Å². The van der Waals surface area contributed by atoms with Gasteiger partial charge in [-0.1, -0.05) is 24.3 Å². The number of carbonyl (C=O) groups is 2. The van der Waals surface area contributed by atoms with E-state index in [2.05, 4.69) is 14.7 Å². The Kier molecular flexibility index (Phi) is 9.09. The molecule has 0 bridgehead atoms. The Bertz CT molecular complexity index is 1690. The summed E-state index contributed by atoms with van der Waals surface area (Å²) in [5.41, 5.74) is 1.46. The number of nitrogens with zero attached hydrogens (tertiary/aromatic N) is 4. The highest BCUT2D eigenvalue weighted by Crippen LogP contribution is 2.31. The topological polar surface area (TPSA) is 191 Å². The van der Waals surface area contributed by atoms with E-state index in [9.17, 15) is 33.2 Å². The van der Waals surface area contributed by atoms with Crippen molar-refractivity contribution in [3.05, 3.63) is 69.8 Å². The van der Waals surface area contributed by atoms with Crippen LogP contribution >= 0.6 is 0 Å². The quantitative estimate of drug-likeness (QED) is 0.263. The highest BCUT2D eigenvalue weighted by molar-refractivity contribution is 7.92. The first kappa shape index (κ1) is 32.1. The summed E-state index contributed by atoms with van der Waals surface area (Å²) in [5, 5.41) is 21.0. The number of aliphatic carboxylic acids is 1. The van der Waals surface area contributed by atoms with Crippen molar-refractivity contribution in [2.24, 2.45) is 5.92 Å². The number of anilines is 1. The zero-order chi connectivity index (χ0) is 32.4. The van der Waals surface area contributed by atoms with Gasteiger partial charge >= 0.3 is 12.1 Å². The number of benzene rings is 2. The number of sulfonamides is 1. The number of likely N-dealkylation sites (tertiary alicyclic amines) is 1. The second kappa shape index (κ2) is 12.4. The summed E-state index contributed by atoms with van der Waals surface area (Å²) in [5.74, 6) is -2.51. The Morgan fingerprint density at radius 2 is 1.73 bits per heavy atom.